The van der Waals surface area contributed by atoms with Gasteiger partial charge in [0.1, 0.15) is 0 Å². The highest BCUT2D eigenvalue weighted by atomic mass is 16.4. The van der Waals surface area contributed by atoms with Crippen LogP contribution in [0.1, 0.15) is 105 Å². The molecular weight excluding hydrogens is 412 g/mol. The molecule has 0 aromatic heterocycles. The van der Waals surface area contributed by atoms with E-state index in [1.807, 2.05) is 12.2 Å². The maximum atomic E-state index is 11.2. The molecule has 0 aromatic rings. The summed E-state index contributed by atoms with van der Waals surface area (Å²) >= 11 is 0. The number of allylic oxidation sites excluding steroid dienone is 4. The molecule has 2 aliphatic carbocycles. The summed E-state index contributed by atoms with van der Waals surface area (Å²) in [5.74, 6) is -0.753. The maximum absolute atomic E-state index is 11.2. The summed E-state index contributed by atoms with van der Waals surface area (Å²) in [6, 6.07) is 0. The first-order chi connectivity index (χ1) is 15.4. The summed E-state index contributed by atoms with van der Waals surface area (Å²) in [4.78, 5) is 11.2. The van der Waals surface area contributed by atoms with E-state index < -0.39 is 23.6 Å². The van der Waals surface area contributed by atoms with E-state index in [1.54, 1.807) is 13.8 Å². The fourth-order valence-corrected chi connectivity index (χ4v) is 4.63. The first-order valence-electron chi connectivity index (χ1n) is 12.8. The van der Waals surface area contributed by atoms with E-state index in [4.69, 9.17) is 0 Å². The van der Waals surface area contributed by atoms with Gasteiger partial charge in [-0.15, -0.1) is 0 Å². The van der Waals surface area contributed by atoms with Gasteiger partial charge in [0.25, 0.3) is 0 Å². The zero-order valence-corrected chi connectivity index (χ0v) is 21.5. The third kappa shape index (κ3) is 8.90. The van der Waals surface area contributed by atoms with Crippen molar-refractivity contribution in [2.75, 3.05) is 0 Å². The molecule has 0 spiro atoms. The van der Waals surface area contributed by atoms with Gasteiger partial charge in [-0.1, -0.05) is 57.9 Å². The van der Waals surface area contributed by atoms with Crippen LogP contribution in [-0.4, -0.2) is 33.5 Å². The van der Waals surface area contributed by atoms with E-state index in [0.29, 0.717) is 11.8 Å². The second-order valence-corrected chi connectivity index (χ2v) is 11.8. The van der Waals surface area contributed by atoms with Crippen LogP contribution in [0.25, 0.3) is 0 Å². The van der Waals surface area contributed by atoms with Crippen molar-refractivity contribution in [3.05, 3.63) is 46.6 Å². The standard InChI is InChI=1S/C29H46O4/c1-28(2,3)19-8-6-11-21-15-17-23(25(21)30)13-10-14-24-18-16-22(26(24)31)12-7-9-20-29(4,5)27(32)33/h15-18,25-26,30-31H,6-14,19-20H2,1-5H3,(H,32,33). The highest BCUT2D eigenvalue weighted by molar-refractivity contribution is 5.73. The molecule has 4 nitrogen and oxygen atoms in total. The maximum Gasteiger partial charge on any atom is 0.309 e. The molecule has 0 aliphatic heterocycles. The van der Waals surface area contributed by atoms with Crippen molar-refractivity contribution in [2.24, 2.45) is 10.8 Å². The van der Waals surface area contributed by atoms with Crippen molar-refractivity contribution in [2.45, 2.75) is 117 Å². The summed E-state index contributed by atoms with van der Waals surface area (Å²) in [7, 11) is 0. The molecule has 0 aromatic carbocycles. The van der Waals surface area contributed by atoms with E-state index in [9.17, 15) is 20.1 Å². The molecule has 2 rings (SSSR count). The van der Waals surface area contributed by atoms with Crippen LogP contribution in [0.15, 0.2) is 46.6 Å². The van der Waals surface area contributed by atoms with Gasteiger partial charge >= 0.3 is 5.97 Å². The number of aliphatic hydroxyl groups excluding tert-OH is 2. The highest BCUT2D eigenvalue weighted by Gasteiger charge is 2.27. The summed E-state index contributed by atoms with van der Waals surface area (Å²) in [6.45, 7) is 10.3. The van der Waals surface area contributed by atoms with Crippen molar-refractivity contribution >= 4 is 5.97 Å². The van der Waals surface area contributed by atoms with Crippen LogP contribution in [0.2, 0.25) is 0 Å². The first-order valence-corrected chi connectivity index (χ1v) is 12.8. The monoisotopic (exact) mass is 458 g/mol. The van der Waals surface area contributed by atoms with Gasteiger partial charge in [-0.25, -0.2) is 0 Å². The van der Waals surface area contributed by atoms with Gasteiger partial charge in [-0.2, -0.15) is 0 Å². The van der Waals surface area contributed by atoms with Crippen LogP contribution in [-0.2, 0) is 4.79 Å². The minimum absolute atomic E-state index is 0.373. The minimum Gasteiger partial charge on any atom is -0.481 e. The topological polar surface area (TPSA) is 77.8 Å². The van der Waals surface area contributed by atoms with E-state index >= 15 is 0 Å². The number of rotatable bonds is 14. The Morgan fingerprint density at radius 1 is 0.667 bits per heavy atom. The Morgan fingerprint density at radius 3 is 1.39 bits per heavy atom. The highest BCUT2D eigenvalue weighted by Crippen LogP contribution is 2.32. The lowest BCUT2D eigenvalue weighted by atomic mass is 9.86. The lowest BCUT2D eigenvalue weighted by Crippen LogP contribution is -2.23. The van der Waals surface area contributed by atoms with Gasteiger partial charge in [0.15, 0.2) is 0 Å². The summed E-state index contributed by atoms with van der Waals surface area (Å²) < 4.78 is 0. The normalized spacial score (nSPS) is 21.1. The molecule has 33 heavy (non-hydrogen) atoms. The lowest BCUT2D eigenvalue weighted by Gasteiger charge is -2.19. The second-order valence-electron chi connectivity index (χ2n) is 11.8. The third-order valence-corrected chi connectivity index (χ3v) is 7.10. The summed E-state index contributed by atoms with van der Waals surface area (Å²) in [5, 5.41) is 30.5. The molecule has 2 aliphatic rings. The SMILES string of the molecule is CC(C)(C)CCCCC1=CC=C(CCCC2=CC=C(CCCCC(C)(C)C(=O)O)C2O)C1O. The molecule has 3 N–H and O–H groups in total. The zero-order chi connectivity index (χ0) is 24.6. The molecule has 186 valence electrons. The number of hydrogen-bond acceptors (Lipinski definition) is 3. The van der Waals surface area contributed by atoms with Gasteiger partial charge < -0.3 is 15.3 Å². The number of carbonyl (C=O) groups is 1. The molecule has 4 heteroatoms. The van der Waals surface area contributed by atoms with Gasteiger partial charge in [-0.3, -0.25) is 4.79 Å². The van der Waals surface area contributed by atoms with Crippen molar-refractivity contribution in [1.29, 1.82) is 0 Å². The molecule has 0 amide bonds. The second kappa shape index (κ2) is 12.2. The number of unbranched alkanes of at least 4 members (excludes halogenated alkanes) is 2. The van der Waals surface area contributed by atoms with Gasteiger partial charge in [0, 0.05) is 0 Å². The molecule has 0 saturated carbocycles. The Bertz CT molecular complexity index is 789. The largest absolute Gasteiger partial charge is 0.481 e. The number of carboxylic acids is 1. The molecule has 0 saturated heterocycles. The molecular formula is C29H46O4. The van der Waals surface area contributed by atoms with E-state index in [0.717, 1.165) is 73.7 Å². The predicted molar refractivity (Wildman–Crippen MR) is 136 cm³/mol. The lowest BCUT2D eigenvalue weighted by molar-refractivity contribution is -0.147. The fraction of sp³-hybridized carbons (Fsp3) is 0.690. The van der Waals surface area contributed by atoms with Crippen LogP contribution >= 0.6 is 0 Å². The van der Waals surface area contributed by atoms with E-state index in [-0.39, 0.29) is 0 Å². The average molecular weight is 459 g/mol. The minimum atomic E-state index is -0.753. The Kier molecular flexibility index (Phi) is 10.2. The number of hydrogen-bond donors (Lipinski definition) is 3. The average Bonchev–Trinajstić information content (AvgIpc) is 3.25. The molecule has 2 unspecified atom stereocenters. The van der Waals surface area contributed by atoms with Crippen LogP contribution in [0.5, 0.6) is 0 Å². The number of aliphatic carboxylic acids is 1. The van der Waals surface area contributed by atoms with Crippen molar-refractivity contribution in [1.82, 2.24) is 0 Å². The Hall–Kier alpha value is -1.65. The van der Waals surface area contributed by atoms with Crippen LogP contribution in [0, 0.1) is 10.8 Å². The Morgan fingerprint density at radius 2 is 1.03 bits per heavy atom. The molecule has 0 fully saturated rings. The van der Waals surface area contributed by atoms with E-state index in [2.05, 4.69) is 32.9 Å². The summed E-state index contributed by atoms with van der Waals surface area (Å²) in [5.41, 5.74) is 4.03. The zero-order valence-electron chi connectivity index (χ0n) is 21.5. The van der Waals surface area contributed by atoms with Gasteiger partial charge in [-0.05, 0) is 99.3 Å². The van der Waals surface area contributed by atoms with Crippen LogP contribution in [0.4, 0.5) is 0 Å². The molecule has 0 heterocycles. The fourth-order valence-electron chi connectivity index (χ4n) is 4.63. The van der Waals surface area contributed by atoms with Gasteiger partial charge in [0.2, 0.25) is 0 Å². The van der Waals surface area contributed by atoms with Crippen LogP contribution < -0.4 is 0 Å². The third-order valence-electron chi connectivity index (χ3n) is 7.10. The molecule has 0 radical (unpaired) electrons. The van der Waals surface area contributed by atoms with Crippen molar-refractivity contribution < 1.29 is 20.1 Å². The molecule has 0 bridgehead atoms. The summed E-state index contributed by atoms with van der Waals surface area (Å²) in [6.07, 6.45) is 17.6. The Labute approximate surface area is 201 Å². The first kappa shape index (κ1) is 27.6. The Balaban J connectivity index is 1.62. The quantitative estimate of drug-likeness (QED) is 0.248. The predicted octanol–water partition coefficient (Wildman–Crippen LogP) is 6.89. The number of aliphatic hydroxyl groups is 2. The van der Waals surface area contributed by atoms with Gasteiger partial charge in [0.05, 0.1) is 17.6 Å². The smallest absolute Gasteiger partial charge is 0.309 e. The van der Waals surface area contributed by atoms with Crippen LogP contribution in [0.3, 0.4) is 0 Å². The van der Waals surface area contributed by atoms with Crippen molar-refractivity contribution in [3.8, 4) is 0 Å². The number of carboxylic acid groups (broad SMARTS) is 1. The molecule has 2 atom stereocenters. The van der Waals surface area contributed by atoms with E-state index in [1.165, 1.54) is 12.8 Å². The van der Waals surface area contributed by atoms with Crippen molar-refractivity contribution in [3.63, 3.8) is 0 Å².